The quantitative estimate of drug-likeness (QED) is 0.656. The third kappa shape index (κ3) is 5.32. The van der Waals surface area contributed by atoms with Gasteiger partial charge in [0.05, 0.1) is 38.8 Å². The van der Waals surface area contributed by atoms with Gasteiger partial charge in [-0.1, -0.05) is 18.2 Å². The number of nitrogens with one attached hydrogen (secondary N) is 1. The Bertz CT molecular complexity index is 1110. The number of amides is 2. The fourth-order valence-electron chi connectivity index (χ4n) is 5.48. The average Bonchev–Trinajstić information content (AvgIpc) is 2.91. The van der Waals surface area contributed by atoms with Gasteiger partial charge in [-0.05, 0) is 35.7 Å². The van der Waals surface area contributed by atoms with Crippen LogP contribution in [0.15, 0.2) is 42.5 Å². The van der Waals surface area contributed by atoms with Crippen molar-refractivity contribution in [1.29, 1.82) is 0 Å². The second-order valence-corrected chi connectivity index (χ2v) is 9.64. The van der Waals surface area contributed by atoms with E-state index in [2.05, 4.69) is 15.1 Å². The Morgan fingerprint density at radius 2 is 1.94 bits per heavy atom. The molecule has 2 unspecified atom stereocenters. The molecular formula is C27H33FN4O4. The van der Waals surface area contributed by atoms with Crippen LogP contribution in [0.3, 0.4) is 0 Å². The van der Waals surface area contributed by atoms with Crippen LogP contribution in [0.4, 0.5) is 10.1 Å². The van der Waals surface area contributed by atoms with Crippen molar-refractivity contribution in [3.8, 4) is 5.75 Å². The van der Waals surface area contributed by atoms with E-state index in [4.69, 9.17) is 9.47 Å². The van der Waals surface area contributed by atoms with Gasteiger partial charge in [0.2, 0.25) is 11.8 Å². The highest BCUT2D eigenvalue weighted by molar-refractivity contribution is 5.82. The van der Waals surface area contributed by atoms with Crippen LogP contribution in [0.25, 0.3) is 0 Å². The van der Waals surface area contributed by atoms with E-state index in [1.807, 2.05) is 23.1 Å². The summed E-state index contributed by atoms with van der Waals surface area (Å²) in [5, 5.41) is 3.03. The lowest BCUT2D eigenvalue weighted by atomic mass is 9.83. The number of fused-ring (bicyclic) bond motifs is 3. The molecule has 3 aliphatic rings. The van der Waals surface area contributed by atoms with Gasteiger partial charge < -0.3 is 24.6 Å². The van der Waals surface area contributed by atoms with Crippen LogP contribution in [0.1, 0.15) is 11.1 Å². The number of benzene rings is 2. The first-order chi connectivity index (χ1) is 17.5. The highest BCUT2D eigenvalue weighted by Gasteiger charge is 2.42. The van der Waals surface area contributed by atoms with E-state index in [1.54, 1.807) is 19.2 Å². The van der Waals surface area contributed by atoms with Crippen LogP contribution in [-0.2, 0) is 27.3 Å². The number of methoxy groups -OCH3 is 1. The summed E-state index contributed by atoms with van der Waals surface area (Å²) in [5.74, 6) is 0.224. The second-order valence-electron chi connectivity index (χ2n) is 9.64. The molecule has 8 nitrogen and oxygen atoms in total. The number of hydrogen-bond acceptors (Lipinski definition) is 6. The molecular weight excluding hydrogens is 463 g/mol. The zero-order valence-corrected chi connectivity index (χ0v) is 20.6. The van der Waals surface area contributed by atoms with Crippen LogP contribution in [0, 0.1) is 11.7 Å². The lowest BCUT2D eigenvalue weighted by Crippen LogP contribution is -2.62. The molecule has 2 atom stereocenters. The number of ether oxygens (including phenoxy) is 2. The molecule has 0 bridgehead atoms. The molecule has 5 rings (SSSR count). The number of hydrogen-bond donors (Lipinski definition) is 1. The van der Waals surface area contributed by atoms with E-state index in [0.717, 1.165) is 35.7 Å². The molecule has 2 aromatic rings. The summed E-state index contributed by atoms with van der Waals surface area (Å²) in [6.07, 6.45) is 0.598. The van der Waals surface area contributed by atoms with E-state index in [0.29, 0.717) is 45.8 Å². The van der Waals surface area contributed by atoms with Crippen LogP contribution >= 0.6 is 0 Å². The summed E-state index contributed by atoms with van der Waals surface area (Å²) in [5.41, 5.74) is 2.92. The summed E-state index contributed by atoms with van der Waals surface area (Å²) in [4.78, 5) is 32.7. The first-order valence-electron chi connectivity index (χ1n) is 12.6. The van der Waals surface area contributed by atoms with Crippen molar-refractivity contribution in [1.82, 2.24) is 15.1 Å². The van der Waals surface area contributed by atoms with E-state index in [9.17, 15) is 14.0 Å². The zero-order chi connectivity index (χ0) is 25.1. The number of rotatable bonds is 6. The second kappa shape index (κ2) is 10.8. The maximum Gasteiger partial charge on any atom is 0.236 e. The molecule has 2 saturated heterocycles. The molecule has 36 heavy (non-hydrogen) atoms. The number of morpholine rings is 1. The Hall–Kier alpha value is -3.17. The maximum atomic E-state index is 13.6. The van der Waals surface area contributed by atoms with Crippen molar-refractivity contribution in [3.63, 3.8) is 0 Å². The summed E-state index contributed by atoms with van der Waals surface area (Å²) in [6.45, 7) is 5.09. The van der Waals surface area contributed by atoms with Crippen molar-refractivity contribution in [3.05, 3.63) is 59.4 Å². The van der Waals surface area contributed by atoms with E-state index < -0.39 is 0 Å². The lowest BCUT2D eigenvalue weighted by molar-refractivity contribution is -0.136. The SMILES string of the molecule is COc1ccc2c(c1)N1CCN(CC(=O)N3CCOCC3)CC1C(C(=O)NCc1cccc(F)c1)C2. The normalized spacial score (nSPS) is 21.9. The monoisotopic (exact) mass is 496 g/mol. The molecule has 2 amide bonds. The molecule has 192 valence electrons. The molecule has 0 aromatic heterocycles. The Kier molecular flexibility index (Phi) is 7.38. The molecule has 0 spiro atoms. The average molecular weight is 497 g/mol. The number of anilines is 1. The predicted molar refractivity (Wildman–Crippen MR) is 133 cm³/mol. The molecule has 0 aliphatic carbocycles. The number of piperazine rings is 1. The molecule has 0 radical (unpaired) electrons. The third-order valence-corrected chi connectivity index (χ3v) is 7.42. The van der Waals surface area contributed by atoms with E-state index in [-0.39, 0.29) is 36.1 Å². The van der Waals surface area contributed by atoms with Gasteiger partial charge in [-0.15, -0.1) is 0 Å². The van der Waals surface area contributed by atoms with Crippen molar-refractivity contribution >= 4 is 17.5 Å². The molecule has 2 aromatic carbocycles. The summed E-state index contributed by atoms with van der Waals surface area (Å²) >= 11 is 0. The molecule has 3 aliphatic heterocycles. The standard InChI is InChI=1S/C27H33FN4O4/c1-35-22-6-5-20-14-23(27(34)29-16-19-3-2-4-21(28)13-19)25-17-30(7-8-32(25)24(20)15-22)18-26(33)31-9-11-36-12-10-31/h2-6,13,15,23,25H,7-12,14,16-18H2,1H3,(H,29,34). The van der Waals surface area contributed by atoms with E-state index in [1.165, 1.54) is 12.1 Å². The maximum absolute atomic E-state index is 13.6. The summed E-state index contributed by atoms with van der Waals surface area (Å²) < 4.78 is 24.4. The van der Waals surface area contributed by atoms with Gasteiger partial charge in [0, 0.05) is 51.0 Å². The summed E-state index contributed by atoms with van der Waals surface area (Å²) in [6, 6.07) is 12.2. The number of carbonyl (C=O) groups is 2. The highest BCUT2D eigenvalue weighted by Crippen LogP contribution is 2.38. The molecule has 2 fully saturated rings. The van der Waals surface area contributed by atoms with Crippen LogP contribution in [0.5, 0.6) is 5.75 Å². The van der Waals surface area contributed by atoms with Gasteiger partial charge in [-0.3, -0.25) is 14.5 Å². The minimum Gasteiger partial charge on any atom is -0.497 e. The van der Waals surface area contributed by atoms with Crippen molar-refractivity contribution in [2.24, 2.45) is 5.92 Å². The smallest absolute Gasteiger partial charge is 0.236 e. The lowest BCUT2D eigenvalue weighted by Gasteiger charge is -2.49. The van der Waals surface area contributed by atoms with Gasteiger partial charge in [0.1, 0.15) is 11.6 Å². The molecule has 1 N–H and O–H groups in total. The Morgan fingerprint density at radius 1 is 1.11 bits per heavy atom. The topological polar surface area (TPSA) is 74.3 Å². The van der Waals surface area contributed by atoms with Gasteiger partial charge in [-0.25, -0.2) is 4.39 Å². The zero-order valence-electron chi connectivity index (χ0n) is 20.6. The molecule has 0 saturated carbocycles. The van der Waals surface area contributed by atoms with Crippen molar-refractivity contribution < 1.29 is 23.5 Å². The first-order valence-corrected chi connectivity index (χ1v) is 12.6. The Morgan fingerprint density at radius 3 is 2.72 bits per heavy atom. The summed E-state index contributed by atoms with van der Waals surface area (Å²) in [7, 11) is 1.65. The van der Waals surface area contributed by atoms with Crippen molar-refractivity contribution in [2.45, 2.75) is 19.0 Å². The predicted octanol–water partition coefficient (Wildman–Crippen LogP) is 1.67. The molecule has 3 heterocycles. The third-order valence-electron chi connectivity index (χ3n) is 7.42. The Balaban J connectivity index is 1.33. The number of carbonyl (C=O) groups excluding carboxylic acids is 2. The van der Waals surface area contributed by atoms with Gasteiger partial charge in [0.25, 0.3) is 0 Å². The largest absolute Gasteiger partial charge is 0.497 e. The van der Waals surface area contributed by atoms with Gasteiger partial charge in [0.15, 0.2) is 0 Å². The minimum atomic E-state index is -0.318. The molecule has 9 heteroatoms. The van der Waals surface area contributed by atoms with Crippen molar-refractivity contribution in [2.75, 3.05) is 64.5 Å². The van der Waals surface area contributed by atoms with Crippen LogP contribution < -0.4 is 15.0 Å². The van der Waals surface area contributed by atoms with Gasteiger partial charge >= 0.3 is 0 Å². The van der Waals surface area contributed by atoms with Crippen LogP contribution in [-0.4, -0.2) is 87.2 Å². The number of halogens is 1. The van der Waals surface area contributed by atoms with E-state index >= 15 is 0 Å². The highest BCUT2D eigenvalue weighted by atomic mass is 19.1. The fourth-order valence-corrected chi connectivity index (χ4v) is 5.48. The first kappa shape index (κ1) is 24.5. The minimum absolute atomic E-state index is 0.0583. The Labute approximate surface area is 210 Å². The fraction of sp³-hybridized carbons (Fsp3) is 0.481. The van der Waals surface area contributed by atoms with Crippen LogP contribution in [0.2, 0.25) is 0 Å². The number of nitrogens with zero attached hydrogens (tertiary/aromatic N) is 3. The van der Waals surface area contributed by atoms with Gasteiger partial charge in [-0.2, -0.15) is 0 Å².